The molecule has 0 aliphatic carbocycles. The van der Waals surface area contributed by atoms with Crippen LogP contribution in [0.5, 0.6) is 0 Å². The van der Waals surface area contributed by atoms with Gasteiger partial charge in [-0.3, -0.25) is 10.1 Å². The highest BCUT2D eigenvalue weighted by atomic mass is 32.2. The molecule has 8 nitrogen and oxygen atoms in total. The van der Waals surface area contributed by atoms with Crippen LogP contribution in [0.4, 0.5) is 19.7 Å². The van der Waals surface area contributed by atoms with E-state index in [-0.39, 0.29) is 17.9 Å². The Balaban J connectivity index is 2.61. The van der Waals surface area contributed by atoms with Gasteiger partial charge in [0, 0.05) is 20.2 Å². The molecule has 0 spiro atoms. The van der Waals surface area contributed by atoms with Gasteiger partial charge in [0.05, 0.1) is 22.6 Å². The minimum absolute atomic E-state index is 0.170. The summed E-state index contributed by atoms with van der Waals surface area (Å²) in [6, 6.07) is 5.81. The van der Waals surface area contributed by atoms with Gasteiger partial charge >= 0.3 is 12.3 Å². The Kier molecular flexibility index (Phi) is 5.91. The fourth-order valence-electron chi connectivity index (χ4n) is 1.29. The van der Waals surface area contributed by atoms with E-state index < -0.39 is 17.2 Å². The van der Waals surface area contributed by atoms with Crippen molar-refractivity contribution in [3.8, 4) is 0 Å². The zero-order valence-corrected chi connectivity index (χ0v) is 12.0. The van der Waals surface area contributed by atoms with Gasteiger partial charge in [-0.15, -0.1) is 4.39 Å². The third-order valence-electron chi connectivity index (χ3n) is 2.29. The maximum absolute atomic E-state index is 12.3. The Labute approximate surface area is 123 Å². The quantitative estimate of drug-likeness (QED) is 0.272. The number of hydrogen-bond donors (Lipinski definition) is 0. The zero-order valence-electron chi connectivity index (χ0n) is 11.2. The van der Waals surface area contributed by atoms with Crippen LogP contribution in [0.15, 0.2) is 24.3 Å². The molecule has 0 aliphatic rings. The largest absolute Gasteiger partial charge is 0.444 e. The lowest BCUT2D eigenvalue weighted by atomic mass is 10.2. The summed E-state index contributed by atoms with van der Waals surface area (Å²) >= 11 is 0.495. The topological polar surface area (TPSA) is 93.0 Å². The van der Waals surface area contributed by atoms with Gasteiger partial charge in [-0.1, -0.05) is 12.1 Å². The number of nitro benzene ring substituents is 1. The SMILES string of the molecule is CN(SN(C)C(=O)OCc1ccccc1[N+](=O)[O-])C(=O)F. The first-order chi connectivity index (χ1) is 9.82. The minimum Gasteiger partial charge on any atom is -0.444 e. The van der Waals surface area contributed by atoms with E-state index >= 15 is 0 Å². The molecule has 0 unspecified atom stereocenters. The number of nitro groups is 1. The number of nitrogens with zero attached hydrogens (tertiary/aromatic N) is 3. The number of rotatable bonds is 5. The Morgan fingerprint density at radius 2 is 1.95 bits per heavy atom. The van der Waals surface area contributed by atoms with Crippen molar-refractivity contribution in [3.63, 3.8) is 0 Å². The highest BCUT2D eigenvalue weighted by molar-refractivity contribution is 7.95. The summed E-state index contributed by atoms with van der Waals surface area (Å²) in [5, 5.41) is 10.8. The molecule has 0 aromatic heterocycles. The van der Waals surface area contributed by atoms with Gasteiger partial charge in [-0.05, 0) is 6.07 Å². The monoisotopic (exact) mass is 317 g/mol. The summed E-state index contributed by atoms with van der Waals surface area (Å²) in [5.74, 6) is 0. The molecular weight excluding hydrogens is 305 g/mol. The summed E-state index contributed by atoms with van der Waals surface area (Å²) < 4.78 is 18.7. The molecule has 21 heavy (non-hydrogen) atoms. The number of benzene rings is 1. The summed E-state index contributed by atoms with van der Waals surface area (Å²) in [4.78, 5) is 32.2. The molecule has 0 fully saturated rings. The van der Waals surface area contributed by atoms with Crippen LogP contribution in [0.3, 0.4) is 0 Å². The molecule has 1 aromatic rings. The number of carbonyl (C=O) groups excluding carboxylic acids is 2. The van der Waals surface area contributed by atoms with Crippen LogP contribution in [0.1, 0.15) is 5.56 Å². The maximum atomic E-state index is 12.3. The second-order valence-electron chi connectivity index (χ2n) is 3.77. The van der Waals surface area contributed by atoms with E-state index in [4.69, 9.17) is 4.74 Å². The van der Waals surface area contributed by atoms with E-state index in [2.05, 4.69) is 0 Å². The number of amides is 2. The molecule has 0 atom stereocenters. The Bertz CT molecular complexity index is 556. The van der Waals surface area contributed by atoms with Crippen molar-refractivity contribution in [1.29, 1.82) is 0 Å². The second kappa shape index (κ2) is 7.43. The van der Waals surface area contributed by atoms with Crippen molar-refractivity contribution >= 4 is 30.1 Å². The first-order valence-corrected chi connectivity index (χ1v) is 6.30. The molecule has 0 saturated carbocycles. The molecule has 0 radical (unpaired) electrons. The molecule has 2 amide bonds. The van der Waals surface area contributed by atoms with Crippen LogP contribution in [-0.4, -0.2) is 39.9 Å². The molecule has 0 N–H and O–H groups in total. The number of para-hydroxylation sites is 1. The van der Waals surface area contributed by atoms with Gasteiger partial charge in [0.1, 0.15) is 6.61 Å². The summed E-state index contributed by atoms with van der Waals surface area (Å²) in [5.41, 5.74) is 0.0563. The summed E-state index contributed by atoms with van der Waals surface area (Å²) in [7, 11) is 2.41. The average molecular weight is 317 g/mol. The highest BCUT2D eigenvalue weighted by Crippen LogP contribution is 2.20. The van der Waals surface area contributed by atoms with Crippen LogP contribution in [0, 0.1) is 10.1 Å². The van der Waals surface area contributed by atoms with Crippen molar-refractivity contribution < 1.29 is 23.6 Å². The third-order valence-corrected chi connectivity index (χ3v) is 3.07. The van der Waals surface area contributed by atoms with Crippen LogP contribution in [0.25, 0.3) is 0 Å². The first kappa shape index (κ1) is 16.7. The van der Waals surface area contributed by atoms with Gasteiger partial charge < -0.3 is 4.74 Å². The smallest absolute Gasteiger partial charge is 0.421 e. The third kappa shape index (κ3) is 4.91. The summed E-state index contributed by atoms with van der Waals surface area (Å²) in [6.45, 7) is -0.311. The predicted octanol–water partition coefficient (Wildman–Crippen LogP) is 2.75. The van der Waals surface area contributed by atoms with Gasteiger partial charge in [-0.2, -0.15) is 0 Å². The minimum atomic E-state index is -1.72. The fourth-order valence-corrected chi connectivity index (χ4v) is 1.84. The maximum Gasteiger partial charge on any atom is 0.421 e. The Morgan fingerprint density at radius 1 is 1.33 bits per heavy atom. The number of ether oxygens (including phenoxy) is 1. The molecule has 1 aromatic carbocycles. The van der Waals surface area contributed by atoms with E-state index in [0.29, 0.717) is 16.4 Å². The van der Waals surface area contributed by atoms with Crippen molar-refractivity contribution in [3.05, 3.63) is 39.9 Å². The van der Waals surface area contributed by atoms with Crippen LogP contribution < -0.4 is 0 Å². The average Bonchev–Trinajstić information content (AvgIpc) is 2.44. The second-order valence-corrected chi connectivity index (χ2v) is 5.03. The molecule has 0 aliphatic heterocycles. The van der Waals surface area contributed by atoms with Crippen molar-refractivity contribution in [2.24, 2.45) is 0 Å². The van der Waals surface area contributed by atoms with Crippen molar-refractivity contribution in [1.82, 2.24) is 8.61 Å². The number of halogens is 1. The molecule has 114 valence electrons. The van der Waals surface area contributed by atoms with E-state index in [1.54, 1.807) is 6.07 Å². The number of carbonyl (C=O) groups is 2. The highest BCUT2D eigenvalue weighted by Gasteiger charge is 2.19. The molecule has 10 heteroatoms. The predicted molar refractivity (Wildman–Crippen MR) is 72.9 cm³/mol. The van der Waals surface area contributed by atoms with Crippen molar-refractivity contribution in [2.45, 2.75) is 6.61 Å². The van der Waals surface area contributed by atoms with E-state index in [0.717, 1.165) is 11.4 Å². The van der Waals surface area contributed by atoms with Crippen LogP contribution in [-0.2, 0) is 11.3 Å². The molecular formula is C11H12FN3O5S. The van der Waals surface area contributed by atoms with Gasteiger partial charge in [0.15, 0.2) is 0 Å². The van der Waals surface area contributed by atoms with Gasteiger partial charge in [-0.25, -0.2) is 18.2 Å². The lowest BCUT2D eigenvalue weighted by molar-refractivity contribution is -0.385. The molecule has 1 rings (SSSR count). The summed E-state index contributed by atoms with van der Waals surface area (Å²) in [6.07, 6.45) is -2.59. The lowest BCUT2D eigenvalue weighted by Crippen LogP contribution is -2.27. The normalized spacial score (nSPS) is 9.86. The first-order valence-electron chi connectivity index (χ1n) is 5.57. The van der Waals surface area contributed by atoms with Gasteiger partial charge in [0.25, 0.3) is 5.69 Å². The van der Waals surface area contributed by atoms with Crippen LogP contribution in [0.2, 0.25) is 0 Å². The van der Waals surface area contributed by atoms with E-state index in [1.807, 2.05) is 0 Å². The Morgan fingerprint density at radius 3 is 2.52 bits per heavy atom. The van der Waals surface area contributed by atoms with E-state index in [1.165, 1.54) is 25.2 Å². The lowest BCUT2D eigenvalue weighted by Gasteiger charge is -2.19. The standard InChI is InChI=1S/C11H12FN3O5S/c1-13(10(12)16)21-14(2)11(17)20-7-8-5-3-4-6-9(8)15(18)19/h3-6H,7H2,1-2H3. The molecule has 0 saturated heterocycles. The van der Waals surface area contributed by atoms with E-state index in [9.17, 15) is 24.1 Å². The van der Waals surface area contributed by atoms with Crippen LogP contribution >= 0.6 is 12.1 Å². The number of hydrogen-bond acceptors (Lipinski definition) is 6. The van der Waals surface area contributed by atoms with Gasteiger partial charge in [0.2, 0.25) is 0 Å². The molecule has 0 heterocycles. The fraction of sp³-hybridized carbons (Fsp3) is 0.273. The Hall–Kier alpha value is -2.36. The zero-order chi connectivity index (χ0) is 16.0. The van der Waals surface area contributed by atoms with Crippen molar-refractivity contribution in [2.75, 3.05) is 14.1 Å². The molecule has 0 bridgehead atoms.